The molecule has 0 spiro atoms. The van der Waals surface area contributed by atoms with Gasteiger partial charge in [-0.25, -0.2) is 4.39 Å². The highest BCUT2D eigenvalue weighted by atomic mass is 19.1. The third-order valence-corrected chi connectivity index (χ3v) is 3.04. The second-order valence-electron chi connectivity index (χ2n) is 4.69. The largest absolute Gasteiger partial charge is 0.494 e. The molecule has 1 aromatic heterocycles. The van der Waals surface area contributed by atoms with Gasteiger partial charge in [0.1, 0.15) is 22.6 Å². The molecule has 0 aliphatic rings. The minimum Gasteiger partial charge on any atom is -0.494 e. The standard InChI is InChI=1S/C15H15FN4O/c1-2-7-21-11-5-3-10(4-6-11)20-18-14-8-12(16)13(17)9-15(14)19-20/h3-6,8-9H,2,7,17H2,1H3. The van der Waals surface area contributed by atoms with Gasteiger partial charge in [-0.2, -0.15) is 4.80 Å². The molecule has 0 amide bonds. The smallest absolute Gasteiger partial charge is 0.148 e. The summed E-state index contributed by atoms with van der Waals surface area (Å²) in [7, 11) is 0. The van der Waals surface area contributed by atoms with Gasteiger partial charge in [0.2, 0.25) is 0 Å². The van der Waals surface area contributed by atoms with Gasteiger partial charge in [0.25, 0.3) is 0 Å². The summed E-state index contributed by atoms with van der Waals surface area (Å²) in [6.07, 6.45) is 0.959. The van der Waals surface area contributed by atoms with Crippen molar-refractivity contribution < 1.29 is 9.13 Å². The fourth-order valence-corrected chi connectivity index (χ4v) is 1.97. The SMILES string of the molecule is CCCOc1ccc(-n2nc3cc(N)c(F)cc3n2)cc1. The Morgan fingerprint density at radius 2 is 1.81 bits per heavy atom. The maximum atomic E-state index is 13.4. The van der Waals surface area contributed by atoms with Crippen LogP contribution in [0, 0.1) is 5.82 Å². The van der Waals surface area contributed by atoms with Crippen LogP contribution in [0.3, 0.4) is 0 Å². The van der Waals surface area contributed by atoms with E-state index in [-0.39, 0.29) is 5.69 Å². The van der Waals surface area contributed by atoms with Crippen LogP contribution in [0.2, 0.25) is 0 Å². The molecular formula is C15H15FN4O. The van der Waals surface area contributed by atoms with Gasteiger partial charge in [-0.15, -0.1) is 10.2 Å². The third-order valence-electron chi connectivity index (χ3n) is 3.04. The maximum absolute atomic E-state index is 13.4. The van der Waals surface area contributed by atoms with Crippen molar-refractivity contribution in [2.75, 3.05) is 12.3 Å². The Morgan fingerprint density at radius 1 is 1.14 bits per heavy atom. The van der Waals surface area contributed by atoms with Crippen molar-refractivity contribution in [3.8, 4) is 11.4 Å². The first-order chi connectivity index (χ1) is 10.2. The number of halogens is 1. The zero-order chi connectivity index (χ0) is 14.8. The maximum Gasteiger partial charge on any atom is 0.148 e. The Bertz CT molecular complexity index is 728. The number of ether oxygens (including phenoxy) is 1. The highest BCUT2D eigenvalue weighted by molar-refractivity contribution is 5.78. The van der Waals surface area contributed by atoms with E-state index in [1.54, 1.807) is 0 Å². The summed E-state index contributed by atoms with van der Waals surface area (Å²) in [5.41, 5.74) is 7.39. The molecule has 5 nitrogen and oxygen atoms in total. The van der Waals surface area contributed by atoms with Crippen molar-refractivity contribution in [3.63, 3.8) is 0 Å². The monoisotopic (exact) mass is 286 g/mol. The zero-order valence-electron chi connectivity index (χ0n) is 11.6. The lowest BCUT2D eigenvalue weighted by molar-refractivity contribution is 0.317. The van der Waals surface area contributed by atoms with Crippen molar-refractivity contribution in [2.45, 2.75) is 13.3 Å². The van der Waals surface area contributed by atoms with Crippen LogP contribution in [0.5, 0.6) is 5.75 Å². The van der Waals surface area contributed by atoms with E-state index >= 15 is 0 Å². The summed E-state index contributed by atoms with van der Waals surface area (Å²) >= 11 is 0. The Balaban J connectivity index is 1.92. The molecule has 6 heteroatoms. The number of anilines is 1. The number of rotatable bonds is 4. The summed E-state index contributed by atoms with van der Waals surface area (Å²) < 4.78 is 18.9. The van der Waals surface area contributed by atoms with Crippen molar-refractivity contribution >= 4 is 16.7 Å². The third kappa shape index (κ3) is 2.65. The molecule has 3 aromatic rings. The van der Waals surface area contributed by atoms with Crippen LogP contribution in [0.15, 0.2) is 36.4 Å². The van der Waals surface area contributed by atoms with Crippen molar-refractivity contribution in [3.05, 3.63) is 42.2 Å². The minimum atomic E-state index is -0.488. The number of nitrogen functional groups attached to an aromatic ring is 1. The quantitative estimate of drug-likeness (QED) is 0.749. The molecule has 108 valence electrons. The summed E-state index contributed by atoms with van der Waals surface area (Å²) in [5, 5.41) is 8.54. The summed E-state index contributed by atoms with van der Waals surface area (Å²) in [6, 6.07) is 10.2. The molecule has 2 N–H and O–H groups in total. The van der Waals surface area contributed by atoms with E-state index in [0.29, 0.717) is 17.6 Å². The van der Waals surface area contributed by atoms with E-state index in [2.05, 4.69) is 17.1 Å². The molecule has 0 aliphatic heterocycles. The van der Waals surface area contributed by atoms with Gasteiger partial charge in [0.15, 0.2) is 0 Å². The predicted octanol–water partition coefficient (Wildman–Crippen LogP) is 2.93. The number of nitrogens with zero attached hydrogens (tertiary/aromatic N) is 3. The lowest BCUT2D eigenvalue weighted by Gasteiger charge is -2.05. The van der Waals surface area contributed by atoms with E-state index in [1.165, 1.54) is 16.9 Å². The van der Waals surface area contributed by atoms with E-state index in [0.717, 1.165) is 17.9 Å². The van der Waals surface area contributed by atoms with Crippen LogP contribution in [0.1, 0.15) is 13.3 Å². The van der Waals surface area contributed by atoms with Gasteiger partial charge in [-0.05, 0) is 36.8 Å². The average molecular weight is 286 g/mol. The van der Waals surface area contributed by atoms with Gasteiger partial charge >= 0.3 is 0 Å². The van der Waals surface area contributed by atoms with Gasteiger partial charge in [-0.3, -0.25) is 0 Å². The van der Waals surface area contributed by atoms with Crippen molar-refractivity contribution in [1.29, 1.82) is 0 Å². The molecule has 0 saturated carbocycles. The van der Waals surface area contributed by atoms with Gasteiger partial charge < -0.3 is 10.5 Å². The summed E-state index contributed by atoms with van der Waals surface area (Å²) in [5.74, 6) is 0.311. The number of hydrogen-bond donors (Lipinski definition) is 1. The van der Waals surface area contributed by atoms with Crippen molar-refractivity contribution in [1.82, 2.24) is 15.0 Å². The second kappa shape index (κ2) is 5.40. The predicted molar refractivity (Wildman–Crippen MR) is 79.0 cm³/mol. The number of fused-ring (bicyclic) bond motifs is 1. The van der Waals surface area contributed by atoms with E-state index in [9.17, 15) is 4.39 Å². The first-order valence-electron chi connectivity index (χ1n) is 6.72. The molecule has 0 aliphatic carbocycles. The molecule has 0 atom stereocenters. The highest BCUT2D eigenvalue weighted by Gasteiger charge is 2.08. The Morgan fingerprint density at radius 3 is 2.48 bits per heavy atom. The molecule has 0 bridgehead atoms. The Hall–Kier alpha value is -2.63. The second-order valence-corrected chi connectivity index (χ2v) is 4.69. The molecule has 0 saturated heterocycles. The van der Waals surface area contributed by atoms with Gasteiger partial charge in [0, 0.05) is 6.07 Å². The minimum absolute atomic E-state index is 0.0675. The first-order valence-corrected chi connectivity index (χ1v) is 6.72. The van der Waals surface area contributed by atoms with Crippen LogP contribution in [-0.2, 0) is 0 Å². The molecular weight excluding hydrogens is 271 g/mol. The van der Waals surface area contributed by atoms with Crippen LogP contribution >= 0.6 is 0 Å². The normalized spacial score (nSPS) is 11.0. The van der Waals surface area contributed by atoms with E-state index in [1.807, 2.05) is 24.3 Å². The highest BCUT2D eigenvalue weighted by Crippen LogP contribution is 2.20. The van der Waals surface area contributed by atoms with Crippen molar-refractivity contribution in [2.24, 2.45) is 0 Å². The number of aromatic nitrogens is 3. The fourth-order valence-electron chi connectivity index (χ4n) is 1.97. The van der Waals surface area contributed by atoms with Gasteiger partial charge in [-0.1, -0.05) is 6.92 Å². The summed E-state index contributed by atoms with van der Waals surface area (Å²) in [6.45, 7) is 2.74. The fraction of sp³-hybridized carbons (Fsp3) is 0.200. The topological polar surface area (TPSA) is 66.0 Å². The molecule has 0 fully saturated rings. The lowest BCUT2D eigenvalue weighted by Crippen LogP contribution is -1.99. The van der Waals surface area contributed by atoms with E-state index in [4.69, 9.17) is 10.5 Å². The van der Waals surface area contributed by atoms with E-state index < -0.39 is 5.82 Å². The van der Waals surface area contributed by atoms with Crippen LogP contribution in [0.25, 0.3) is 16.7 Å². The summed E-state index contributed by atoms with van der Waals surface area (Å²) in [4.78, 5) is 1.45. The first kappa shape index (κ1) is 13.4. The molecule has 3 rings (SSSR count). The Kier molecular flexibility index (Phi) is 3.43. The van der Waals surface area contributed by atoms with Crippen LogP contribution in [-0.4, -0.2) is 21.6 Å². The lowest BCUT2D eigenvalue weighted by atomic mass is 10.3. The molecule has 0 unspecified atom stereocenters. The average Bonchev–Trinajstić information content (AvgIpc) is 2.89. The number of nitrogens with two attached hydrogens (primary N) is 1. The molecule has 21 heavy (non-hydrogen) atoms. The molecule has 0 radical (unpaired) electrons. The molecule has 2 aromatic carbocycles. The van der Waals surface area contributed by atoms with Crippen LogP contribution < -0.4 is 10.5 Å². The zero-order valence-corrected chi connectivity index (χ0v) is 11.6. The number of hydrogen-bond acceptors (Lipinski definition) is 4. The molecule has 1 heterocycles. The van der Waals surface area contributed by atoms with Gasteiger partial charge in [0.05, 0.1) is 18.0 Å². The Labute approximate surface area is 121 Å². The van der Waals surface area contributed by atoms with Crippen LogP contribution in [0.4, 0.5) is 10.1 Å². The number of benzene rings is 2.